The van der Waals surface area contributed by atoms with Crippen LogP contribution in [0.15, 0.2) is 17.2 Å². The zero-order valence-electron chi connectivity index (χ0n) is 11.5. The van der Waals surface area contributed by atoms with Gasteiger partial charge < -0.3 is 15.4 Å². The van der Waals surface area contributed by atoms with Gasteiger partial charge in [-0.05, 0) is 42.8 Å². The normalized spacial score (nSPS) is 18.6. The summed E-state index contributed by atoms with van der Waals surface area (Å²) >= 11 is 4.82. The molecular weight excluding hydrogens is 272 g/mol. The summed E-state index contributed by atoms with van der Waals surface area (Å²) in [5.41, 5.74) is 12.9. The van der Waals surface area contributed by atoms with Crippen LogP contribution in [0.1, 0.15) is 24.0 Å². The molecule has 0 aromatic heterocycles. The van der Waals surface area contributed by atoms with E-state index in [1.807, 2.05) is 0 Å². The number of nitrogens with one attached hydrogen (secondary N) is 1. The van der Waals surface area contributed by atoms with Crippen molar-refractivity contribution in [3.63, 3.8) is 0 Å². The third-order valence-corrected chi connectivity index (χ3v) is 3.91. The summed E-state index contributed by atoms with van der Waals surface area (Å²) in [4.78, 5) is 2.44. The second-order valence-electron chi connectivity index (χ2n) is 5.06. The molecule has 0 aliphatic carbocycles. The number of aryl methyl sites for hydroxylation is 1. The number of rotatable bonds is 2. The lowest BCUT2D eigenvalue weighted by Crippen LogP contribution is -2.37. The van der Waals surface area contributed by atoms with Crippen LogP contribution < -0.4 is 20.8 Å². The molecule has 1 aromatic carbocycles. The highest BCUT2D eigenvalue weighted by molar-refractivity contribution is 7.80. The van der Waals surface area contributed by atoms with E-state index in [1.54, 1.807) is 7.11 Å². The van der Waals surface area contributed by atoms with Crippen LogP contribution in [-0.2, 0) is 6.42 Å². The van der Waals surface area contributed by atoms with E-state index in [9.17, 15) is 0 Å². The molecule has 5 nitrogen and oxygen atoms in total. The van der Waals surface area contributed by atoms with Crippen LogP contribution >= 0.6 is 12.2 Å². The van der Waals surface area contributed by atoms with Crippen molar-refractivity contribution in [3.8, 4) is 5.75 Å². The minimum atomic E-state index is 0.191. The fourth-order valence-corrected chi connectivity index (χ4v) is 3.02. The molecule has 0 amide bonds. The van der Waals surface area contributed by atoms with Gasteiger partial charge in [0.05, 0.1) is 12.8 Å². The predicted octanol–water partition coefficient (Wildman–Crippen LogP) is 1.39. The Morgan fingerprint density at radius 1 is 1.40 bits per heavy atom. The van der Waals surface area contributed by atoms with Crippen LogP contribution in [0.3, 0.4) is 0 Å². The number of hydrogen-bond acceptors (Lipinski definition) is 4. The van der Waals surface area contributed by atoms with Gasteiger partial charge in [0.25, 0.3) is 0 Å². The Kier molecular flexibility index (Phi) is 3.48. The van der Waals surface area contributed by atoms with E-state index in [0.717, 1.165) is 43.0 Å². The first-order valence-electron chi connectivity index (χ1n) is 6.77. The standard InChI is InChI=1S/C14H18N4OS/c1-19-10-7-9-3-2-5-18-6-4-12(16-17-14(15)20)11(8-10)13(9)18/h7-8H,2-6H2,1H3,(H3,15,17,20)/b16-12+. The molecule has 0 atom stereocenters. The van der Waals surface area contributed by atoms with E-state index >= 15 is 0 Å². The molecule has 0 unspecified atom stereocenters. The molecule has 0 saturated heterocycles. The Morgan fingerprint density at radius 3 is 3.00 bits per heavy atom. The van der Waals surface area contributed by atoms with E-state index < -0.39 is 0 Å². The van der Waals surface area contributed by atoms with Gasteiger partial charge >= 0.3 is 0 Å². The number of nitrogens with zero attached hydrogens (tertiary/aromatic N) is 2. The molecule has 106 valence electrons. The van der Waals surface area contributed by atoms with Crippen LogP contribution in [0.4, 0.5) is 5.69 Å². The summed E-state index contributed by atoms with van der Waals surface area (Å²) in [6.07, 6.45) is 3.17. The molecule has 1 aromatic rings. The molecule has 3 N–H and O–H groups in total. The lowest BCUT2D eigenvalue weighted by atomic mass is 9.90. The fourth-order valence-electron chi connectivity index (χ4n) is 2.98. The number of ether oxygens (including phenoxy) is 1. The average molecular weight is 290 g/mol. The van der Waals surface area contributed by atoms with Gasteiger partial charge in [-0.1, -0.05) is 0 Å². The van der Waals surface area contributed by atoms with Crippen molar-refractivity contribution < 1.29 is 4.74 Å². The van der Waals surface area contributed by atoms with Gasteiger partial charge in [-0.3, -0.25) is 5.43 Å². The number of benzene rings is 1. The number of hydrazone groups is 1. The second-order valence-corrected chi connectivity index (χ2v) is 5.50. The van der Waals surface area contributed by atoms with Crippen molar-refractivity contribution in [1.82, 2.24) is 5.43 Å². The van der Waals surface area contributed by atoms with E-state index in [4.69, 9.17) is 22.7 Å². The molecule has 2 aliphatic rings. The molecule has 0 radical (unpaired) electrons. The smallest absolute Gasteiger partial charge is 0.184 e. The molecule has 0 bridgehead atoms. The van der Waals surface area contributed by atoms with Crippen molar-refractivity contribution in [2.24, 2.45) is 10.8 Å². The Balaban J connectivity index is 2.09. The number of thiocarbonyl (C=S) groups is 1. The van der Waals surface area contributed by atoms with Gasteiger partial charge in [0.15, 0.2) is 5.11 Å². The summed E-state index contributed by atoms with van der Waals surface area (Å²) in [5, 5.41) is 4.54. The summed E-state index contributed by atoms with van der Waals surface area (Å²) in [6, 6.07) is 4.19. The average Bonchev–Trinajstić information content (AvgIpc) is 2.46. The van der Waals surface area contributed by atoms with Gasteiger partial charge in [-0.15, -0.1) is 0 Å². The highest BCUT2D eigenvalue weighted by Crippen LogP contribution is 2.38. The van der Waals surface area contributed by atoms with Gasteiger partial charge in [0, 0.05) is 30.8 Å². The zero-order valence-corrected chi connectivity index (χ0v) is 12.3. The quantitative estimate of drug-likeness (QED) is 0.636. The molecule has 3 rings (SSSR count). The third-order valence-electron chi connectivity index (χ3n) is 3.82. The van der Waals surface area contributed by atoms with Crippen LogP contribution in [0, 0.1) is 0 Å². The first-order chi connectivity index (χ1) is 9.69. The lowest BCUT2D eigenvalue weighted by molar-refractivity contribution is 0.413. The van der Waals surface area contributed by atoms with Crippen molar-refractivity contribution in [3.05, 3.63) is 23.3 Å². The summed E-state index contributed by atoms with van der Waals surface area (Å²) in [5.74, 6) is 0.880. The lowest BCUT2D eigenvalue weighted by Gasteiger charge is -2.37. The topological polar surface area (TPSA) is 62.9 Å². The van der Waals surface area contributed by atoms with Crippen molar-refractivity contribution >= 4 is 28.7 Å². The van der Waals surface area contributed by atoms with E-state index in [1.165, 1.54) is 17.7 Å². The van der Waals surface area contributed by atoms with Crippen LogP contribution in [0.2, 0.25) is 0 Å². The highest BCUT2D eigenvalue weighted by Gasteiger charge is 2.28. The zero-order chi connectivity index (χ0) is 14.1. The van der Waals surface area contributed by atoms with Crippen molar-refractivity contribution in [1.29, 1.82) is 0 Å². The highest BCUT2D eigenvalue weighted by atomic mass is 32.1. The molecule has 0 spiro atoms. The van der Waals surface area contributed by atoms with E-state index in [-0.39, 0.29) is 5.11 Å². The van der Waals surface area contributed by atoms with Crippen molar-refractivity contribution in [2.75, 3.05) is 25.1 Å². The SMILES string of the molecule is COc1cc2c3c(c1)/C(=N/NC(N)=S)CCN3CCC2. The van der Waals surface area contributed by atoms with Gasteiger partial charge in [-0.25, -0.2) is 0 Å². The first kappa shape index (κ1) is 13.2. The minimum Gasteiger partial charge on any atom is -0.497 e. The molecule has 0 saturated carbocycles. The maximum Gasteiger partial charge on any atom is 0.184 e. The molecular formula is C14H18N4OS. The fraction of sp³-hybridized carbons (Fsp3) is 0.429. The van der Waals surface area contributed by atoms with Gasteiger partial charge in [0.1, 0.15) is 5.75 Å². The number of hydrogen-bond donors (Lipinski definition) is 2. The molecule has 20 heavy (non-hydrogen) atoms. The summed E-state index contributed by atoms with van der Waals surface area (Å²) in [6.45, 7) is 2.10. The summed E-state index contributed by atoms with van der Waals surface area (Å²) < 4.78 is 5.41. The molecule has 2 aliphatic heterocycles. The molecule has 6 heteroatoms. The summed E-state index contributed by atoms with van der Waals surface area (Å²) in [7, 11) is 1.70. The predicted molar refractivity (Wildman–Crippen MR) is 84.6 cm³/mol. The molecule has 0 fully saturated rings. The monoisotopic (exact) mass is 290 g/mol. The maximum atomic E-state index is 5.46. The Bertz CT molecular complexity index is 585. The molecule has 2 heterocycles. The van der Waals surface area contributed by atoms with Gasteiger partial charge in [0.2, 0.25) is 0 Å². The Morgan fingerprint density at radius 2 is 2.25 bits per heavy atom. The van der Waals surface area contributed by atoms with E-state index in [2.05, 4.69) is 27.6 Å². The number of methoxy groups -OCH3 is 1. The number of nitrogens with two attached hydrogens (primary N) is 1. The Labute approximate surface area is 123 Å². The third kappa shape index (κ3) is 2.31. The largest absolute Gasteiger partial charge is 0.497 e. The van der Waals surface area contributed by atoms with E-state index in [0.29, 0.717) is 0 Å². The maximum absolute atomic E-state index is 5.46. The van der Waals surface area contributed by atoms with Crippen LogP contribution in [0.25, 0.3) is 0 Å². The second kappa shape index (κ2) is 5.28. The number of anilines is 1. The van der Waals surface area contributed by atoms with Crippen LogP contribution in [0.5, 0.6) is 5.75 Å². The Hall–Kier alpha value is -1.82. The minimum absolute atomic E-state index is 0.191. The van der Waals surface area contributed by atoms with Crippen LogP contribution in [-0.4, -0.2) is 31.0 Å². The van der Waals surface area contributed by atoms with Crippen molar-refractivity contribution in [2.45, 2.75) is 19.3 Å². The van der Waals surface area contributed by atoms with Gasteiger partial charge in [-0.2, -0.15) is 5.10 Å². The first-order valence-corrected chi connectivity index (χ1v) is 7.18.